The van der Waals surface area contributed by atoms with Crippen LogP contribution in [0.15, 0.2) is 53.8 Å². The van der Waals surface area contributed by atoms with Crippen LogP contribution in [0.2, 0.25) is 0 Å². The number of hydrazone groups is 1. The van der Waals surface area contributed by atoms with Gasteiger partial charge in [-0.1, -0.05) is 24.3 Å². The van der Waals surface area contributed by atoms with Gasteiger partial charge in [-0.05, 0) is 49.3 Å². The molecule has 5 heteroatoms. The minimum absolute atomic E-state index is 0.621. The molecule has 0 spiro atoms. The summed E-state index contributed by atoms with van der Waals surface area (Å²) in [5.74, 6) is 0. The predicted octanol–water partition coefficient (Wildman–Crippen LogP) is 2.74. The van der Waals surface area contributed by atoms with Gasteiger partial charge >= 0.3 is 0 Å². The van der Waals surface area contributed by atoms with Crippen LogP contribution in [0.1, 0.15) is 18.2 Å². The Morgan fingerprint density at radius 3 is 2.86 bits per heavy atom. The van der Waals surface area contributed by atoms with Gasteiger partial charge < -0.3 is 4.90 Å². The molecule has 0 bridgehead atoms. The predicted molar refractivity (Wildman–Crippen MR) is 89.7 cm³/mol. The standard InChI is InChI=1S/C16H16N4S/c1-12(14-7-4-5-10-17-14)18-19-16(21)20-11-9-13-6-2-3-8-15(13)20/h2-8,10H,9,11H2,1H3,(H,19,21)/b18-12+. The van der Waals surface area contributed by atoms with E-state index in [0.717, 1.165) is 24.4 Å². The molecule has 0 saturated carbocycles. The molecule has 0 saturated heterocycles. The summed E-state index contributed by atoms with van der Waals surface area (Å²) in [6, 6.07) is 14.1. The summed E-state index contributed by atoms with van der Waals surface area (Å²) in [5.41, 5.74) is 7.12. The first-order valence-corrected chi connectivity index (χ1v) is 7.27. The van der Waals surface area contributed by atoms with Crippen LogP contribution in [-0.4, -0.2) is 22.4 Å². The molecule has 4 nitrogen and oxygen atoms in total. The second-order valence-corrected chi connectivity index (χ2v) is 5.25. The first-order valence-electron chi connectivity index (χ1n) is 6.87. The number of nitrogens with one attached hydrogen (secondary N) is 1. The largest absolute Gasteiger partial charge is 0.317 e. The molecule has 2 heterocycles. The zero-order valence-corrected chi connectivity index (χ0v) is 12.6. The Balaban J connectivity index is 1.71. The van der Waals surface area contributed by atoms with Crippen LogP contribution < -0.4 is 10.3 Å². The summed E-state index contributed by atoms with van der Waals surface area (Å²) in [6.07, 6.45) is 2.77. The van der Waals surface area contributed by atoms with Gasteiger partial charge in [0.15, 0.2) is 5.11 Å². The maximum absolute atomic E-state index is 5.45. The maximum Gasteiger partial charge on any atom is 0.194 e. The SMILES string of the molecule is C/C(=N\NC(=S)N1CCc2ccccc21)c1ccccn1. The molecule has 1 aliphatic heterocycles. The lowest BCUT2D eigenvalue weighted by molar-refractivity contribution is 0.952. The van der Waals surface area contributed by atoms with Gasteiger partial charge in [-0.3, -0.25) is 10.4 Å². The fourth-order valence-corrected chi connectivity index (χ4v) is 2.61. The van der Waals surface area contributed by atoms with Crippen LogP contribution in [0, 0.1) is 0 Å². The summed E-state index contributed by atoms with van der Waals surface area (Å²) in [6.45, 7) is 2.80. The van der Waals surface area contributed by atoms with E-state index in [4.69, 9.17) is 12.2 Å². The van der Waals surface area contributed by atoms with Crippen molar-refractivity contribution in [3.05, 3.63) is 59.9 Å². The summed E-state index contributed by atoms with van der Waals surface area (Å²) >= 11 is 5.45. The second kappa shape index (κ2) is 6.01. The van der Waals surface area contributed by atoms with Crippen LogP contribution in [-0.2, 0) is 6.42 Å². The van der Waals surface area contributed by atoms with E-state index < -0.39 is 0 Å². The first kappa shape index (κ1) is 13.7. The minimum Gasteiger partial charge on any atom is -0.317 e. The third kappa shape index (κ3) is 2.92. The third-order valence-electron chi connectivity index (χ3n) is 3.49. The number of pyridine rings is 1. The number of hydrogen-bond acceptors (Lipinski definition) is 3. The zero-order valence-electron chi connectivity index (χ0n) is 11.8. The smallest absolute Gasteiger partial charge is 0.194 e. The van der Waals surface area contributed by atoms with Crippen LogP contribution in [0.4, 0.5) is 5.69 Å². The lowest BCUT2D eigenvalue weighted by Gasteiger charge is -2.19. The number of aromatic nitrogens is 1. The number of benzene rings is 1. The number of thiocarbonyl (C=S) groups is 1. The van der Waals surface area contributed by atoms with Gasteiger partial charge in [0.1, 0.15) is 0 Å². The molecule has 1 aromatic carbocycles. The van der Waals surface area contributed by atoms with Crippen molar-refractivity contribution in [2.75, 3.05) is 11.4 Å². The number of rotatable bonds is 2. The Bertz CT molecular complexity index is 682. The first-order chi connectivity index (χ1) is 10.3. The van der Waals surface area contributed by atoms with Gasteiger partial charge in [0.2, 0.25) is 0 Å². The normalized spacial score (nSPS) is 14.0. The summed E-state index contributed by atoms with van der Waals surface area (Å²) in [4.78, 5) is 6.35. The van der Waals surface area contributed by atoms with Gasteiger partial charge in [0, 0.05) is 18.4 Å². The molecular formula is C16H16N4S. The highest BCUT2D eigenvalue weighted by atomic mass is 32.1. The molecular weight excluding hydrogens is 280 g/mol. The Morgan fingerprint density at radius 2 is 2.05 bits per heavy atom. The average Bonchev–Trinajstić information content (AvgIpc) is 2.97. The van der Waals surface area contributed by atoms with Crippen molar-refractivity contribution < 1.29 is 0 Å². The lowest BCUT2D eigenvalue weighted by Crippen LogP contribution is -2.36. The molecule has 106 valence electrons. The Morgan fingerprint density at radius 1 is 1.24 bits per heavy atom. The fraction of sp³-hybridized carbons (Fsp3) is 0.188. The number of fused-ring (bicyclic) bond motifs is 1. The maximum atomic E-state index is 5.45. The van der Waals surface area contributed by atoms with E-state index in [1.807, 2.05) is 31.2 Å². The molecule has 3 rings (SSSR count). The fourth-order valence-electron chi connectivity index (χ4n) is 2.38. The highest BCUT2D eigenvalue weighted by molar-refractivity contribution is 7.80. The molecule has 0 unspecified atom stereocenters. The minimum atomic E-state index is 0.621. The number of para-hydroxylation sites is 1. The van der Waals surface area contributed by atoms with Gasteiger partial charge in [-0.25, -0.2) is 0 Å². The zero-order chi connectivity index (χ0) is 14.7. The lowest BCUT2D eigenvalue weighted by atomic mass is 10.2. The van der Waals surface area contributed by atoms with Crippen molar-refractivity contribution in [1.29, 1.82) is 0 Å². The molecule has 0 fully saturated rings. The number of hydrogen-bond donors (Lipinski definition) is 1. The Hall–Kier alpha value is -2.27. The number of nitrogens with zero attached hydrogens (tertiary/aromatic N) is 3. The molecule has 1 N–H and O–H groups in total. The third-order valence-corrected chi connectivity index (χ3v) is 3.80. The molecule has 1 aliphatic rings. The molecule has 0 amide bonds. The van der Waals surface area contributed by atoms with Crippen molar-refractivity contribution in [3.8, 4) is 0 Å². The van der Waals surface area contributed by atoms with Gasteiger partial charge in [-0.2, -0.15) is 5.10 Å². The van der Waals surface area contributed by atoms with Crippen LogP contribution in [0.5, 0.6) is 0 Å². The highest BCUT2D eigenvalue weighted by Gasteiger charge is 2.21. The molecule has 2 aromatic rings. The average molecular weight is 296 g/mol. The topological polar surface area (TPSA) is 40.5 Å². The van der Waals surface area contributed by atoms with E-state index in [9.17, 15) is 0 Å². The van der Waals surface area contributed by atoms with Crippen molar-refractivity contribution in [2.24, 2.45) is 5.10 Å². The van der Waals surface area contributed by atoms with Crippen molar-refractivity contribution in [2.45, 2.75) is 13.3 Å². The van der Waals surface area contributed by atoms with Crippen LogP contribution in [0.25, 0.3) is 0 Å². The van der Waals surface area contributed by atoms with Gasteiger partial charge in [-0.15, -0.1) is 0 Å². The van der Waals surface area contributed by atoms with Crippen LogP contribution >= 0.6 is 12.2 Å². The summed E-state index contributed by atoms with van der Waals surface area (Å²) in [5, 5.41) is 4.95. The number of anilines is 1. The van der Waals surface area contributed by atoms with E-state index in [2.05, 4.69) is 38.6 Å². The molecule has 0 atom stereocenters. The second-order valence-electron chi connectivity index (χ2n) is 4.86. The molecule has 0 radical (unpaired) electrons. The van der Waals surface area contributed by atoms with E-state index >= 15 is 0 Å². The highest BCUT2D eigenvalue weighted by Crippen LogP contribution is 2.27. The van der Waals surface area contributed by atoms with Crippen molar-refractivity contribution in [1.82, 2.24) is 10.4 Å². The molecule has 0 aliphatic carbocycles. The molecule has 21 heavy (non-hydrogen) atoms. The monoisotopic (exact) mass is 296 g/mol. The van der Waals surface area contributed by atoms with Gasteiger partial charge in [0.25, 0.3) is 0 Å². The Labute approximate surface area is 129 Å². The summed E-state index contributed by atoms with van der Waals surface area (Å²) in [7, 11) is 0. The van der Waals surface area contributed by atoms with Gasteiger partial charge in [0.05, 0.1) is 11.4 Å². The van der Waals surface area contributed by atoms with E-state index in [1.54, 1.807) is 6.20 Å². The van der Waals surface area contributed by atoms with Crippen LogP contribution in [0.3, 0.4) is 0 Å². The van der Waals surface area contributed by atoms with Crippen molar-refractivity contribution in [3.63, 3.8) is 0 Å². The van der Waals surface area contributed by atoms with E-state index in [0.29, 0.717) is 5.11 Å². The van der Waals surface area contributed by atoms with E-state index in [-0.39, 0.29) is 0 Å². The Kier molecular flexibility index (Phi) is 3.92. The van der Waals surface area contributed by atoms with Crippen molar-refractivity contribution >= 4 is 28.7 Å². The summed E-state index contributed by atoms with van der Waals surface area (Å²) < 4.78 is 0. The van der Waals surface area contributed by atoms with E-state index in [1.165, 1.54) is 11.3 Å². The quantitative estimate of drug-likeness (QED) is 0.525. The molecule has 1 aromatic heterocycles.